The Bertz CT molecular complexity index is 837. The first kappa shape index (κ1) is 15.0. The van der Waals surface area contributed by atoms with Gasteiger partial charge in [0.25, 0.3) is 5.69 Å². The molecule has 6 nitrogen and oxygen atoms in total. The zero-order chi connectivity index (χ0) is 15.8. The number of nitrogens with zero attached hydrogens (tertiary/aromatic N) is 2. The molecule has 0 spiro atoms. The van der Waals surface area contributed by atoms with Crippen LogP contribution in [-0.4, -0.2) is 24.6 Å². The van der Waals surface area contributed by atoms with Crippen LogP contribution >= 0.6 is 0 Å². The van der Waals surface area contributed by atoms with Crippen molar-refractivity contribution in [2.24, 2.45) is 0 Å². The Hall–Kier alpha value is -2.42. The van der Waals surface area contributed by atoms with Gasteiger partial charge in [0.05, 0.1) is 9.82 Å². The van der Waals surface area contributed by atoms with Gasteiger partial charge in [-0.05, 0) is 12.1 Å². The predicted octanol–water partition coefficient (Wildman–Crippen LogP) is 2.34. The van der Waals surface area contributed by atoms with Crippen molar-refractivity contribution < 1.29 is 22.1 Å². The molecule has 0 bridgehead atoms. The normalized spacial score (nSPS) is 11.4. The summed E-state index contributed by atoms with van der Waals surface area (Å²) in [4.78, 5) is 13.1. The van der Waals surface area contributed by atoms with Gasteiger partial charge in [-0.2, -0.15) is 0 Å². The average Bonchev–Trinajstić information content (AvgIpc) is 2.40. The quantitative estimate of drug-likeness (QED) is 0.493. The first-order chi connectivity index (χ1) is 9.70. The lowest BCUT2D eigenvalue weighted by molar-refractivity contribution is -0.385. The summed E-state index contributed by atoms with van der Waals surface area (Å²) < 4.78 is 49.9. The molecular formula is C12H8F2N2O4S. The third kappa shape index (κ3) is 3.02. The summed E-state index contributed by atoms with van der Waals surface area (Å²) in [5.74, 6) is -2.58. The van der Waals surface area contributed by atoms with E-state index in [0.717, 1.165) is 24.7 Å². The van der Waals surface area contributed by atoms with Gasteiger partial charge in [-0.15, -0.1) is 0 Å². The molecule has 0 saturated carbocycles. The summed E-state index contributed by atoms with van der Waals surface area (Å²) >= 11 is 0. The van der Waals surface area contributed by atoms with Gasteiger partial charge in [-0.1, -0.05) is 0 Å². The zero-order valence-electron chi connectivity index (χ0n) is 10.6. The van der Waals surface area contributed by atoms with Crippen LogP contribution in [0, 0.1) is 21.7 Å². The van der Waals surface area contributed by atoms with Crippen LogP contribution in [0.5, 0.6) is 0 Å². The standard InChI is InChI=1S/C12H8F2N2O4S/c1-21(19,20)12-4-11(14)10(13)3-9(12)7-2-8(16(17)18)6-15-5-7/h2-6H,1H3. The highest BCUT2D eigenvalue weighted by Crippen LogP contribution is 2.30. The monoisotopic (exact) mass is 314 g/mol. The van der Waals surface area contributed by atoms with E-state index in [1.807, 2.05) is 0 Å². The van der Waals surface area contributed by atoms with Crippen molar-refractivity contribution in [3.8, 4) is 11.1 Å². The Morgan fingerprint density at radius 1 is 1.14 bits per heavy atom. The first-order valence-electron chi connectivity index (χ1n) is 5.49. The van der Waals surface area contributed by atoms with E-state index in [0.29, 0.717) is 12.1 Å². The Labute approximate surface area is 118 Å². The number of aromatic nitrogens is 1. The number of nitro groups is 1. The summed E-state index contributed by atoms with van der Waals surface area (Å²) in [6, 6.07) is 2.25. The number of sulfone groups is 1. The average molecular weight is 314 g/mol. The molecule has 0 radical (unpaired) electrons. The van der Waals surface area contributed by atoms with Crippen LogP contribution in [0.15, 0.2) is 35.5 Å². The lowest BCUT2D eigenvalue weighted by Gasteiger charge is -2.08. The maximum absolute atomic E-state index is 13.4. The summed E-state index contributed by atoms with van der Waals surface area (Å²) in [5, 5.41) is 10.7. The van der Waals surface area contributed by atoms with Crippen molar-refractivity contribution in [2.45, 2.75) is 4.90 Å². The van der Waals surface area contributed by atoms with Crippen molar-refractivity contribution in [1.82, 2.24) is 4.98 Å². The summed E-state index contributed by atoms with van der Waals surface area (Å²) in [7, 11) is -3.86. The fourth-order valence-corrected chi connectivity index (χ4v) is 2.63. The molecule has 2 rings (SSSR count). The molecule has 1 aromatic carbocycles. The van der Waals surface area contributed by atoms with Gasteiger partial charge >= 0.3 is 0 Å². The fourth-order valence-electron chi connectivity index (χ4n) is 1.74. The highest BCUT2D eigenvalue weighted by molar-refractivity contribution is 7.90. The Kier molecular flexibility index (Phi) is 3.69. The van der Waals surface area contributed by atoms with E-state index in [2.05, 4.69) is 4.98 Å². The topological polar surface area (TPSA) is 90.2 Å². The molecule has 0 aliphatic carbocycles. The summed E-state index contributed by atoms with van der Waals surface area (Å²) in [6.07, 6.45) is 2.92. The van der Waals surface area contributed by atoms with Crippen LogP contribution < -0.4 is 0 Å². The van der Waals surface area contributed by atoms with Crippen LogP contribution in [0.25, 0.3) is 11.1 Å². The lowest BCUT2D eigenvalue weighted by atomic mass is 10.1. The number of rotatable bonds is 3. The van der Waals surface area contributed by atoms with Gasteiger partial charge in [-0.25, -0.2) is 17.2 Å². The van der Waals surface area contributed by atoms with Crippen LogP contribution in [-0.2, 0) is 9.84 Å². The Morgan fingerprint density at radius 2 is 1.76 bits per heavy atom. The number of hydrogen-bond donors (Lipinski definition) is 0. The summed E-state index contributed by atoms with van der Waals surface area (Å²) in [5.41, 5.74) is -0.576. The van der Waals surface area contributed by atoms with E-state index in [-0.39, 0.29) is 11.1 Å². The fraction of sp³-hybridized carbons (Fsp3) is 0.0833. The third-order valence-corrected chi connectivity index (χ3v) is 3.80. The van der Waals surface area contributed by atoms with Crippen molar-refractivity contribution >= 4 is 15.5 Å². The maximum Gasteiger partial charge on any atom is 0.288 e. The van der Waals surface area contributed by atoms with Crippen LogP contribution in [0.1, 0.15) is 0 Å². The number of pyridine rings is 1. The number of halogens is 2. The largest absolute Gasteiger partial charge is 0.288 e. The van der Waals surface area contributed by atoms with Crippen LogP contribution in [0.2, 0.25) is 0 Å². The minimum atomic E-state index is -3.86. The second kappa shape index (κ2) is 5.17. The number of hydrogen-bond acceptors (Lipinski definition) is 5. The van der Waals surface area contributed by atoms with Gasteiger partial charge in [-0.3, -0.25) is 15.1 Å². The molecule has 1 heterocycles. The van der Waals surface area contributed by atoms with Crippen molar-refractivity contribution in [3.05, 3.63) is 52.3 Å². The van der Waals surface area contributed by atoms with E-state index in [9.17, 15) is 27.3 Å². The van der Waals surface area contributed by atoms with Gasteiger partial charge in [0, 0.05) is 29.6 Å². The minimum absolute atomic E-state index is 0.00326. The lowest BCUT2D eigenvalue weighted by Crippen LogP contribution is -2.03. The molecule has 2 aromatic rings. The van der Waals surface area contributed by atoms with Crippen LogP contribution in [0.3, 0.4) is 0 Å². The number of benzene rings is 1. The van der Waals surface area contributed by atoms with Gasteiger partial charge < -0.3 is 0 Å². The van der Waals surface area contributed by atoms with Crippen molar-refractivity contribution in [2.75, 3.05) is 6.26 Å². The predicted molar refractivity (Wildman–Crippen MR) is 69.4 cm³/mol. The van der Waals surface area contributed by atoms with E-state index in [1.165, 1.54) is 0 Å². The van der Waals surface area contributed by atoms with E-state index in [4.69, 9.17) is 0 Å². The van der Waals surface area contributed by atoms with Crippen molar-refractivity contribution in [3.63, 3.8) is 0 Å². The highest BCUT2D eigenvalue weighted by atomic mass is 32.2. The molecule has 0 aliphatic heterocycles. The van der Waals surface area contributed by atoms with E-state index in [1.54, 1.807) is 0 Å². The SMILES string of the molecule is CS(=O)(=O)c1cc(F)c(F)cc1-c1cncc([N+](=O)[O-])c1. The zero-order valence-corrected chi connectivity index (χ0v) is 11.4. The van der Waals surface area contributed by atoms with E-state index >= 15 is 0 Å². The molecule has 21 heavy (non-hydrogen) atoms. The highest BCUT2D eigenvalue weighted by Gasteiger charge is 2.20. The Morgan fingerprint density at radius 3 is 2.33 bits per heavy atom. The Balaban J connectivity index is 2.77. The second-order valence-electron chi connectivity index (χ2n) is 4.22. The molecule has 0 fully saturated rings. The molecule has 110 valence electrons. The molecule has 0 aliphatic rings. The second-order valence-corrected chi connectivity index (χ2v) is 6.21. The summed E-state index contributed by atoms with van der Waals surface area (Å²) in [6.45, 7) is 0. The van der Waals surface area contributed by atoms with E-state index < -0.39 is 37.0 Å². The molecule has 0 saturated heterocycles. The maximum atomic E-state index is 13.4. The van der Waals surface area contributed by atoms with Gasteiger partial charge in [0.2, 0.25) is 0 Å². The van der Waals surface area contributed by atoms with Crippen molar-refractivity contribution in [1.29, 1.82) is 0 Å². The third-order valence-electron chi connectivity index (χ3n) is 2.67. The molecular weight excluding hydrogens is 306 g/mol. The molecule has 1 aromatic heterocycles. The molecule has 0 unspecified atom stereocenters. The molecule has 0 atom stereocenters. The smallest absolute Gasteiger partial charge is 0.258 e. The molecule has 0 N–H and O–H groups in total. The molecule has 9 heteroatoms. The van der Waals surface area contributed by atoms with Gasteiger partial charge in [0.1, 0.15) is 6.20 Å². The van der Waals surface area contributed by atoms with Gasteiger partial charge in [0.15, 0.2) is 21.5 Å². The minimum Gasteiger partial charge on any atom is -0.258 e. The molecule has 0 amide bonds. The van der Waals surface area contributed by atoms with Crippen LogP contribution in [0.4, 0.5) is 14.5 Å². The first-order valence-corrected chi connectivity index (χ1v) is 7.38.